The van der Waals surface area contributed by atoms with Crippen LogP contribution in [-0.4, -0.2) is 15.5 Å². The SMILES string of the molecule is Cc1ccccc1CC(=O)N[C@H](c1ccccc1)c1nccn1C. The van der Waals surface area contributed by atoms with Gasteiger partial charge in [0.25, 0.3) is 0 Å². The highest BCUT2D eigenvalue weighted by Crippen LogP contribution is 2.20. The van der Waals surface area contributed by atoms with Gasteiger partial charge in [0, 0.05) is 19.4 Å². The Hall–Kier alpha value is -2.88. The number of benzene rings is 2. The minimum atomic E-state index is -0.261. The van der Waals surface area contributed by atoms with E-state index < -0.39 is 0 Å². The maximum atomic E-state index is 12.6. The highest BCUT2D eigenvalue weighted by molar-refractivity contribution is 5.79. The van der Waals surface area contributed by atoms with Gasteiger partial charge < -0.3 is 9.88 Å². The molecule has 4 heteroatoms. The molecule has 0 spiro atoms. The van der Waals surface area contributed by atoms with Crippen LogP contribution in [0.15, 0.2) is 67.0 Å². The molecular formula is C20H21N3O. The number of nitrogens with zero attached hydrogens (tertiary/aromatic N) is 2. The van der Waals surface area contributed by atoms with Gasteiger partial charge >= 0.3 is 0 Å². The first-order chi connectivity index (χ1) is 11.6. The van der Waals surface area contributed by atoms with Crippen molar-refractivity contribution in [1.29, 1.82) is 0 Å². The molecule has 0 aliphatic carbocycles. The van der Waals surface area contributed by atoms with Crippen molar-refractivity contribution in [2.75, 3.05) is 0 Å². The minimum absolute atomic E-state index is 0.0128. The van der Waals surface area contributed by atoms with Crippen LogP contribution in [0.3, 0.4) is 0 Å². The topological polar surface area (TPSA) is 46.9 Å². The molecule has 3 aromatic rings. The van der Waals surface area contributed by atoms with Crippen molar-refractivity contribution in [3.05, 3.63) is 89.5 Å². The van der Waals surface area contributed by atoms with E-state index in [4.69, 9.17) is 0 Å². The Balaban J connectivity index is 1.84. The zero-order valence-corrected chi connectivity index (χ0v) is 13.9. The summed E-state index contributed by atoms with van der Waals surface area (Å²) in [6, 6.07) is 17.6. The van der Waals surface area contributed by atoms with Crippen molar-refractivity contribution < 1.29 is 4.79 Å². The fourth-order valence-corrected chi connectivity index (χ4v) is 2.79. The van der Waals surface area contributed by atoms with E-state index in [1.165, 1.54) is 0 Å². The number of nitrogens with one attached hydrogen (secondary N) is 1. The second kappa shape index (κ2) is 7.13. The molecule has 1 heterocycles. The predicted molar refractivity (Wildman–Crippen MR) is 94.5 cm³/mol. The largest absolute Gasteiger partial charge is 0.342 e. The van der Waals surface area contributed by atoms with E-state index in [0.717, 1.165) is 22.5 Å². The molecule has 0 unspecified atom stereocenters. The van der Waals surface area contributed by atoms with Gasteiger partial charge in [-0.15, -0.1) is 0 Å². The van der Waals surface area contributed by atoms with Gasteiger partial charge in [0.15, 0.2) is 0 Å². The number of imidazole rings is 1. The number of aryl methyl sites for hydroxylation is 2. The van der Waals surface area contributed by atoms with E-state index in [9.17, 15) is 4.79 Å². The maximum absolute atomic E-state index is 12.6. The quantitative estimate of drug-likeness (QED) is 0.785. The Morgan fingerprint density at radius 1 is 1.12 bits per heavy atom. The summed E-state index contributed by atoms with van der Waals surface area (Å²) in [6.07, 6.45) is 4.00. The van der Waals surface area contributed by atoms with Gasteiger partial charge in [-0.2, -0.15) is 0 Å². The normalized spacial score (nSPS) is 11.9. The van der Waals surface area contributed by atoms with E-state index in [1.54, 1.807) is 6.20 Å². The monoisotopic (exact) mass is 319 g/mol. The molecule has 0 aliphatic rings. The average molecular weight is 319 g/mol. The second-order valence-electron chi connectivity index (χ2n) is 5.91. The lowest BCUT2D eigenvalue weighted by Crippen LogP contribution is -2.32. The zero-order valence-electron chi connectivity index (χ0n) is 13.9. The number of amides is 1. The Morgan fingerprint density at radius 2 is 1.83 bits per heavy atom. The first-order valence-electron chi connectivity index (χ1n) is 8.01. The second-order valence-corrected chi connectivity index (χ2v) is 5.91. The van der Waals surface area contributed by atoms with Crippen molar-refractivity contribution in [3.8, 4) is 0 Å². The molecule has 1 atom stereocenters. The van der Waals surface area contributed by atoms with Crippen LogP contribution in [0.1, 0.15) is 28.6 Å². The van der Waals surface area contributed by atoms with E-state index in [0.29, 0.717) is 6.42 Å². The third-order valence-corrected chi connectivity index (χ3v) is 4.17. The van der Waals surface area contributed by atoms with Gasteiger partial charge in [-0.25, -0.2) is 4.98 Å². The smallest absolute Gasteiger partial charge is 0.225 e. The Labute approximate surface area is 142 Å². The lowest BCUT2D eigenvalue weighted by molar-refractivity contribution is -0.121. The average Bonchev–Trinajstić information content (AvgIpc) is 3.01. The number of aromatic nitrogens is 2. The number of rotatable bonds is 5. The standard InChI is InChI=1S/C20H21N3O/c1-15-8-6-7-11-17(15)14-18(24)22-19(16-9-4-3-5-10-16)20-21-12-13-23(20)2/h3-13,19H,14H2,1-2H3,(H,22,24)/t19-/m1/s1. The summed E-state index contributed by atoms with van der Waals surface area (Å²) in [5.41, 5.74) is 3.19. The van der Waals surface area contributed by atoms with Crippen molar-refractivity contribution in [2.24, 2.45) is 7.05 Å². The highest BCUT2D eigenvalue weighted by Gasteiger charge is 2.20. The van der Waals surface area contributed by atoms with Crippen molar-refractivity contribution in [3.63, 3.8) is 0 Å². The van der Waals surface area contributed by atoms with Crippen molar-refractivity contribution in [1.82, 2.24) is 14.9 Å². The van der Waals surface area contributed by atoms with Gasteiger partial charge in [-0.05, 0) is 23.6 Å². The summed E-state index contributed by atoms with van der Waals surface area (Å²) >= 11 is 0. The molecule has 3 rings (SSSR count). The van der Waals surface area contributed by atoms with Crippen LogP contribution in [0.2, 0.25) is 0 Å². The third-order valence-electron chi connectivity index (χ3n) is 4.17. The Morgan fingerprint density at radius 3 is 2.50 bits per heavy atom. The van der Waals surface area contributed by atoms with Crippen LogP contribution in [0, 0.1) is 6.92 Å². The molecule has 0 bridgehead atoms. The molecule has 0 radical (unpaired) electrons. The third kappa shape index (κ3) is 3.54. The first-order valence-corrected chi connectivity index (χ1v) is 8.01. The van der Waals surface area contributed by atoms with Gasteiger partial charge in [0.1, 0.15) is 11.9 Å². The predicted octanol–water partition coefficient (Wildman–Crippen LogP) is 3.18. The summed E-state index contributed by atoms with van der Waals surface area (Å²) in [5, 5.41) is 3.13. The zero-order chi connectivity index (χ0) is 16.9. The van der Waals surface area contributed by atoms with Crippen LogP contribution in [0.25, 0.3) is 0 Å². The number of carbonyl (C=O) groups is 1. The highest BCUT2D eigenvalue weighted by atomic mass is 16.1. The Kier molecular flexibility index (Phi) is 4.75. The van der Waals surface area contributed by atoms with E-state index in [1.807, 2.05) is 79.3 Å². The van der Waals surface area contributed by atoms with E-state index in [2.05, 4.69) is 10.3 Å². The summed E-state index contributed by atoms with van der Waals surface area (Å²) in [6.45, 7) is 2.02. The molecule has 1 amide bonds. The van der Waals surface area contributed by atoms with Crippen LogP contribution in [-0.2, 0) is 18.3 Å². The van der Waals surface area contributed by atoms with Gasteiger partial charge in [-0.1, -0.05) is 54.6 Å². The van der Waals surface area contributed by atoms with Crippen LogP contribution < -0.4 is 5.32 Å². The molecular weight excluding hydrogens is 298 g/mol. The van der Waals surface area contributed by atoms with Crippen molar-refractivity contribution >= 4 is 5.91 Å². The lowest BCUT2D eigenvalue weighted by Gasteiger charge is -2.19. The first kappa shape index (κ1) is 16.0. The summed E-state index contributed by atoms with van der Waals surface area (Å²) in [5.74, 6) is 0.806. The van der Waals surface area contributed by atoms with E-state index in [-0.39, 0.29) is 11.9 Å². The van der Waals surface area contributed by atoms with Gasteiger partial charge in [-0.3, -0.25) is 4.79 Å². The number of hydrogen-bond acceptors (Lipinski definition) is 2. The van der Waals surface area contributed by atoms with Crippen LogP contribution in [0.5, 0.6) is 0 Å². The van der Waals surface area contributed by atoms with Crippen LogP contribution in [0.4, 0.5) is 0 Å². The maximum Gasteiger partial charge on any atom is 0.225 e. The van der Waals surface area contributed by atoms with Gasteiger partial charge in [0.2, 0.25) is 5.91 Å². The lowest BCUT2D eigenvalue weighted by atomic mass is 10.0. The molecule has 122 valence electrons. The summed E-state index contributed by atoms with van der Waals surface area (Å²) in [7, 11) is 1.94. The molecule has 0 fully saturated rings. The summed E-state index contributed by atoms with van der Waals surface area (Å²) < 4.78 is 1.94. The van der Waals surface area contributed by atoms with Crippen molar-refractivity contribution in [2.45, 2.75) is 19.4 Å². The summed E-state index contributed by atoms with van der Waals surface area (Å²) in [4.78, 5) is 17.0. The number of carbonyl (C=O) groups excluding carboxylic acids is 1. The van der Waals surface area contributed by atoms with Crippen LogP contribution >= 0.6 is 0 Å². The molecule has 0 saturated heterocycles. The minimum Gasteiger partial charge on any atom is -0.342 e. The Bertz CT molecular complexity index is 824. The van der Waals surface area contributed by atoms with Gasteiger partial charge in [0.05, 0.1) is 6.42 Å². The number of hydrogen-bond donors (Lipinski definition) is 1. The fraction of sp³-hybridized carbons (Fsp3) is 0.200. The molecule has 0 saturated carbocycles. The molecule has 2 aromatic carbocycles. The molecule has 4 nitrogen and oxygen atoms in total. The molecule has 1 N–H and O–H groups in total. The van der Waals surface area contributed by atoms with E-state index >= 15 is 0 Å². The molecule has 1 aromatic heterocycles. The fourth-order valence-electron chi connectivity index (χ4n) is 2.79. The molecule has 24 heavy (non-hydrogen) atoms. The molecule has 0 aliphatic heterocycles.